The molecule has 5 rings (SSSR count). The summed E-state index contributed by atoms with van der Waals surface area (Å²) in [4.78, 5) is 4.94. The van der Waals surface area contributed by atoms with Crippen LogP contribution in [0.1, 0.15) is 34.6 Å². The molecular formula is C28H24FN3. The molecule has 0 amide bonds. The smallest absolute Gasteiger partial charge is 0.131 e. The van der Waals surface area contributed by atoms with Crippen LogP contribution in [0.15, 0.2) is 108 Å². The van der Waals surface area contributed by atoms with Crippen LogP contribution in [-0.4, -0.2) is 5.84 Å². The number of hydrogen-bond donors (Lipinski definition) is 2. The van der Waals surface area contributed by atoms with Gasteiger partial charge in [0.1, 0.15) is 24.0 Å². The molecule has 2 unspecified atom stereocenters. The van der Waals surface area contributed by atoms with Gasteiger partial charge in [0.05, 0.1) is 0 Å². The Labute approximate surface area is 187 Å². The number of amidine groups is 1. The van der Waals surface area contributed by atoms with Crippen LogP contribution in [0.5, 0.6) is 0 Å². The number of aliphatic imine (C=N–C) groups is 1. The van der Waals surface area contributed by atoms with E-state index >= 15 is 0 Å². The lowest BCUT2D eigenvalue weighted by molar-refractivity contribution is 0.409. The van der Waals surface area contributed by atoms with Gasteiger partial charge in [0.15, 0.2) is 0 Å². The number of aryl methyl sites for hydroxylation is 1. The maximum Gasteiger partial charge on any atom is 0.131 e. The minimum absolute atomic E-state index is 0.172. The van der Waals surface area contributed by atoms with Gasteiger partial charge in [0, 0.05) is 5.56 Å². The maximum atomic E-state index is 13.9. The van der Waals surface area contributed by atoms with E-state index in [1.165, 1.54) is 6.07 Å². The van der Waals surface area contributed by atoms with Crippen molar-refractivity contribution in [3.63, 3.8) is 0 Å². The van der Waals surface area contributed by atoms with Gasteiger partial charge in [0.25, 0.3) is 0 Å². The van der Waals surface area contributed by atoms with Crippen LogP contribution in [0.2, 0.25) is 0 Å². The zero-order valence-electron chi connectivity index (χ0n) is 17.8. The fourth-order valence-corrected chi connectivity index (χ4v) is 4.10. The minimum atomic E-state index is -0.306. The van der Waals surface area contributed by atoms with E-state index in [9.17, 15) is 4.39 Å². The summed E-state index contributed by atoms with van der Waals surface area (Å²) in [5, 5.41) is 7.21. The quantitative estimate of drug-likeness (QED) is 0.415. The van der Waals surface area contributed by atoms with Crippen molar-refractivity contribution in [3.05, 3.63) is 131 Å². The summed E-state index contributed by atoms with van der Waals surface area (Å²) in [7, 11) is 0. The van der Waals surface area contributed by atoms with Gasteiger partial charge in [-0.2, -0.15) is 0 Å². The lowest BCUT2D eigenvalue weighted by atomic mass is 9.96. The summed E-state index contributed by atoms with van der Waals surface area (Å²) in [5.74, 6) is 0.602. The van der Waals surface area contributed by atoms with Gasteiger partial charge in [0.2, 0.25) is 0 Å². The first-order valence-electron chi connectivity index (χ1n) is 10.8. The molecule has 1 aliphatic rings. The molecular weight excluding hydrogens is 397 g/mol. The summed E-state index contributed by atoms with van der Waals surface area (Å²) in [6.45, 7) is 1.78. The van der Waals surface area contributed by atoms with Crippen LogP contribution in [0.25, 0.3) is 11.1 Å². The van der Waals surface area contributed by atoms with E-state index in [2.05, 4.69) is 59.2 Å². The van der Waals surface area contributed by atoms with Gasteiger partial charge in [-0.05, 0) is 46.9 Å². The molecule has 2 atom stereocenters. The monoisotopic (exact) mass is 421 g/mol. The molecule has 158 valence electrons. The van der Waals surface area contributed by atoms with E-state index in [4.69, 9.17) is 4.99 Å². The first-order chi connectivity index (χ1) is 15.7. The molecule has 1 heterocycles. The van der Waals surface area contributed by atoms with Crippen molar-refractivity contribution in [3.8, 4) is 11.1 Å². The van der Waals surface area contributed by atoms with E-state index in [0.29, 0.717) is 5.56 Å². The average molecular weight is 422 g/mol. The molecule has 4 heteroatoms. The molecule has 0 aromatic heterocycles. The van der Waals surface area contributed by atoms with E-state index in [1.54, 1.807) is 13.0 Å². The van der Waals surface area contributed by atoms with Crippen molar-refractivity contribution in [1.82, 2.24) is 10.6 Å². The van der Waals surface area contributed by atoms with Crippen LogP contribution >= 0.6 is 0 Å². The molecule has 3 nitrogen and oxygen atoms in total. The number of nitrogens with one attached hydrogen (secondary N) is 2. The molecule has 2 N–H and O–H groups in total. The Morgan fingerprint density at radius 3 is 2.12 bits per heavy atom. The highest BCUT2D eigenvalue weighted by molar-refractivity contribution is 5.99. The summed E-state index contributed by atoms with van der Waals surface area (Å²) in [6, 6.07) is 34.0. The SMILES string of the molecule is Cc1cc(C2N=C(c3ccccc3)NC(c3ccccc3-c3ccccc3)N2)ccc1F. The highest BCUT2D eigenvalue weighted by Gasteiger charge is 2.27. The number of hydrogen-bond acceptors (Lipinski definition) is 3. The van der Waals surface area contributed by atoms with Crippen molar-refractivity contribution >= 4 is 5.84 Å². The van der Waals surface area contributed by atoms with Crippen LogP contribution in [0, 0.1) is 12.7 Å². The molecule has 0 saturated carbocycles. The first kappa shape index (κ1) is 20.2. The third-order valence-electron chi connectivity index (χ3n) is 5.77. The van der Waals surface area contributed by atoms with Gasteiger partial charge >= 0.3 is 0 Å². The molecule has 1 aliphatic heterocycles. The van der Waals surface area contributed by atoms with Crippen molar-refractivity contribution < 1.29 is 4.39 Å². The van der Waals surface area contributed by atoms with Crippen molar-refractivity contribution in [2.45, 2.75) is 19.3 Å². The first-order valence-corrected chi connectivity index (χ1v) is 10.8. The highest BCUT2D eigenvalue weighted by Crippen LogP contribution is 2.31. The Morgan fingerprint density at radius 2 is 1.41 bits per heavy atom. The predicted octanol–water partition coefficient (Wildman–Crippen LogP) is 6.14. The minimum Gasteiger partial charge on any atom is -0.350 e. The Balaban J connectivity index is 1.59. The van der Waals surface area contributed by atoms with Crippen molar-refractivity contribution in [1.29, 1.82) is 0 Å². The van der Waals surface area contributed by atoms with Crippen molar-refractivity contribution in [2.75, 3.05) is 0 Å². The second kappa shape index (κ2) is 8.77. The molecule has 0 spiro atoms. The third-order valence-corrected chi connectivity index (χ3v) is 5.77. The van der Waals surface area contributed by atoms with Crippen LogP contribution in [-0.2, 0) is 0 Å². The number of halogens is 1. The third kappa shape index (κ3) is 4.05. The second-order valence-corrected chi connectivity index (χ2v) is 7.95. The van der Waals surface area contributed by atoms with Gasteiger partial charge in [-0.25, -0.2) is 9.38 Å². The van der Waals surface area contributed by atoms with Gasteiger partial charge in [-0.3, -0.25) is 5.32 Å². The molecule has 4 aromatic carbocycles. The number of nitrogens with zero attached hydrogens (tertiary/aromatic N) is 1. The zero-order valence-corrected chi connectivity index (χ0v) is 17.8. The Morgan fingerprint density at radius 1 is 0.750 bits per heavy atom. The summed E-state index contributed by atoms with van der Waals surface area (Å²) >= 11 is 0. The Kier molecular flexibility index (Phi) is 5.53. The normalized spacial score (nSPS) is 18.0. The maximum absolute atomic E-state index is 13.9. The number of benzene rings is 4. The van der Waals surface area contributed by atoms with Crippen LogP contribution in [0.4, 0.5) is 4.39 Å². The second-order valence-electron chi connectivity index (χ2n) is 7.95. The Hall–Kier alpha value is -3.76. The molecule has 0 fully saturated rings. The van der Waals surface area contributed by atoms with E-state index in [-0.39, 0.29) is 18.1 Å². The summed E-state index contributed by atoms with van der Waals surface area (Å²) in [6.07, 6.45) is -0.478. The fraction of sp³-hybridized carbons (Fsp3) is 0.107. The predicted molar refractivity (Wildman–Crippen MR) is 128 cm³/mol. The van der Waals surface area contributed by atoms with Crippen LogP contribution in [0.3, 0.4) is 0 Å². The summed E-state index contributed by atoms with van der Waals surface area (Å²) in [5.41, 5.74) is 6.00. The Bertz CT molecular complexity index is 1250. The molecule has 0 radical (unpaired) electrons. The molecule has 0 saturated heterocycles. The average Bonchev–Trinajstić information content (AvgIpc) is 2.86. The zero-order chi connectivity index (χ0) is 21.9. The van der Waals surface area contributed by atoms with E-state index in [0.717, 1.165) is 33.7 Å². The van der Waals surface area contributed by atoms with Gasteiger partial charge in [-0.15, -0.1) is 0 Å². The standard InChI is InChI=1S/C28H24FN3/c1-19-18-22(16-17-25(19)29)27-30-26(21-12-6-3-7-13-21)31-28(32-27)24-15-9-8-14-23(24)20-10-4-2-5-11-20/h2-18,27-28,32H,1H3,(H,30,31). The molecule has 0 bridgehead atoms. The summed E-state index contributed by atoms with van der Waals surface area (Å²) < 4.78 is 13.9. The topological polar surface area (TPSA) is 36.4 Å². The largest absolute Gasteiger partial charge is 0.350 e. The van der Waals surface area contributed by atoms with Crippen molar-refractivity contribution in [2.24, 2.45) is 4.99 Å². The lowest BCUT2D eigenvalue weighted by Crippen LogP contribution is -2.45. The lowest BCUT2D eigenvalue weighted by Gasteiger charge is -2.33. The highest BCUT2D eigenvalue weighted by atomic mass is 19.1. The molecule has 4 aromatic rings. The van der Waals surface area contributed by atoms with Gasteiger partial charge < -0.3 is 5.32 Å². The van der Waals surface area contributed by atoms with Gasteiger partial charge in [-0.1, -0.05) is 91.0 Å². The van der Waals surface area contributed by atoms with E-state index < -0.39 is 0 Å². The molecule has 32 heavy (non-hydrogen) atoms. The van der Waals surface area contributed by atoms with E-state index in [1.807, 2.05) is 42.5 Å². The number of rotatable bonds is 4. The van der Waals surface area contributed by atoms with Crippen LogP contribution < -0.4 is 10.6 Å². The molecule has 0 aliphatic carbocycles. The fourth-order valence-electron chi connectivity index (χ4n) is 4.10.